The van der Waals surface area contributed by atoms with Crippen LogP contribution in [0.25, 0.3) is 27.0 Å². The van der Waals surface area contributed by atoms with Crippen LogP contribution in [0.1, 0.15) is 65.6 Å². The number of nitrogens with one attached hydrogen (secondary N) is 1. The van der Waals surface area contributed by atoms with E-state index in [4.69, 9.17) is 9.72 Å². The minimum absolute atomic E-state index is 0.114. The molecule has 0 atom stereocenters. The summed E-state index contributed by atoms with van der Waals surface area (Å²) in [7, 11) is 3.93. The van der Waals surface area contributed by atoms with Crippen LogP contribution in [0.3, 0.4) is 0 Å². The van der Waals surface area contributed by atoms with Crippen molar-refractivity contribution in [1.29, 1.82) is 0 Å². The first-order valence-electron chi connectivity index (χ1n) is 15.5. The number of likely N-dealkylation sites (N-methyl/N-ethyl adjacent to an activating group) is 1. The molecular weight excluding hydrogens is 556 g/mol. The van der Waals surface area contributed by atoms with Gasteiger partial charge in [-0.25, -0.2) is 4.98 Å². The summed E-state index contributed by atoms with van der Waals surface area (Å²) in [5.74, 6) is 2.48. The van der Waals surface area contributed by atoms with E-state index in [9.17, 15) is 4.79 Å². The number of aromatic nitrogens is 4. The van der Waals surface area contributed by atoms with Crippen LogP contribution in [0.2, 0.25) is 0 Å². The Morgan fingerprint density at radius 3 is 2.67 bits per heavy atom. The van der Waals surface area contributed by atoms with Crippen LogP contribution in [-0.2, 0) is 6.42 Å². The number of nitrogens with zero attached hydrogens (tertiary/aromatic N) is 5. The first-order valence-corrected chi connectivity index (χ1v) is 16.4. The SMILES string of the molecule is COc1cc(-c2nc(C3CCC(N4CCN(C)CC4)CC3)n3ccnc(C)c23)ccc1CCC(=O)c1cc2ccsc2[nH]1. The van der Waals surface area contributed by atoms with Crippen molar-refractivity contribution in [2.45, 2.75) is 57.4 Å². The van der Waals surface area contributed by atoms with Gasteiger partial charge in [-0.2, -0.15) is 0 Å². The third kappa shape index (κ3) is 5.50. The largest absolute Gasteiger partial charge is 0.496 e. The standard InChI is InChI=1S/C34H40N6O2S/c1-22-32-31(25-5-4-23(30(21-25)42-3)8-11-29(41)28-20-26-12-19-43-34(26)36-28)37-33(40(32)14-13-35-22)24-6-9-27(10-7-24)39-17-15-38(2)16-18-39/h4-5,12-14,19-21,24,27,36H,6-11,15-18H2,1-3H3. The molecule has 5 heterocycles. The van der Waals surface area contributed by atoms with Crippen LogP contribution in [-0.4, -0.2) is 81.3 Å². The van der Waals surface area contributed by atoms with Crippen molar-refractivity contribution < 1.29 is 9.53 Å². The van der Waals surface area contributed by atoms with Gasteiger partial charge in [0.1, 0.15) is 16.4 Å². The molecule has 1 aliphatic carbocycles. The number of carbonyl (C=O) groups is 1. The third-order valence-corrected chi connectivity index (χ3v) is 10.5. The smallest absolute Gasteiger partial charge is 0.179 e. The molecule has 0 spiro atoms. The van der Waals surface area contributed by atoms with Crippen molar-refractivity contribution in [3.05, 3.63) is 70.9 Å². The van der Waals surface area contributed by atoms with Gasteiger partial charge in [0.25, 0.3) is 0 Å². The minimum atomic E-state index is 0.114. The van der Waals surface area contributed by atoms with E-state index in [0.717, 1.165) is 62.7 Å². The van der Waals surface area contributed by atoms with Crippen LogP contribution in [0.5, 0.6) is 5.75 Å². The third-order valence-electron chi connectivity index (χ3n) is 9.61. The van der Waals surface area contributed by atoms with Gasteiger partial charge in [0.05, 0.1) is 29.7 Å². The number of thiophene rings is 1. The van der Waals surface area contributed by atoms with Crippen LogP contribution in [0.4, 0.5) is 0 Å². The molecule has 4 aromatic heterocycles. The number of aryl methyl sites for hydroxylation is 2. The normalized spacial score (nSPS) is 20.3. The van der Waals surface area contributed by atoms with Gasteiger partial charge in [0, 0.05) is 67.9 Å². The van der Waals surface area contributed by atoms with Crippen LogP contribution < -0.4 is 4.74 Å². The van der Waals surface area contributed by atoms with E-state index < -0.39 is 0 Å². The second kappa shape index (κ2) is 11.9. The van der Waals surface area contributed by atoms with Crippen molar-refractivity contribution >= 4 is 32.9 Å². The Morgan fingerprint density at radius 2 is 1.91 bits per heavy atom. The summed E-state index contributed by atoms with van der Waals surface area (Å²) >= 11 is 1.62. The van der Waals surface area contributed by atoms with Gasteiger partial charge in [-0.1, -0.05) is 12.1 Å². The van der Waals surface area contributed by atoms with Crippen molar-refractivity contribution in [3.8, 4) is 17.0 Å². The summed E-state index contributed by atoms with van der Waals surface area (Å²) in [6.45, 7) is 6.78. The highest BCUT2D eigenvalue weighted by atomic mass is 32.1. The van der Waals surface area contributed by atoms with Gasteiger partial charge >= 0.3 is 0 Å². The zero-order valence-corrected chi connectivity index (χ0v) is 26.1. The molecule has 43 heavy (non-hydrogen) atoms. The molecule has 1 N–H and O–H groups in total. The maximum absolute atomic E-state index is 12.9. The number of imidazole rings is 1. The second-order valence-corrected chi connectivity index (χ2v) is 13.1. The predicted molar refractivity (Wildman–Crippen MR) is 173 cm³/mol. The van der Waals surface area contributed by atoms with Crippen molar-refractivity contribution in [1.82, 2.24) is 29.2 Å². The lowest BCUT2D eigenvalue weighted by Gasteiger charge is -2.41. The van der Waals surface area contributed by atoms with Crippen LogP contribution >= 0.6 is 11.3 Å². The summed E-state index contributed by atoms with van der Waals surface area (Å²) in [6.07, 6.45) is 9.76. The predicted octanol–water partition coefficient (Wildman–Crippen LogP) is 6.35. The lowest BCUT2D eigenvalue weighted by molar-refractivity contribution is 0.0872. The molecule has 1 aliphatic heterocycles. The van der Waals surface area contributed by atoms with E-state index in [2.05, 4.69) is 62.5 Å². The lowest BCUT2D eigenvalue weighted by Crippen LogP contribution is -2.49. The average molecular weight is 597 g/mol. The number of benzene rings is 1. The molecule has 2 aliphatic rings. The summed E-state index contributed by atoms with van der Waals surface area (Å²) in [5.41, 5.74) is 5.71. The molecule has 2 fully saturated rings. The number of hydrogen-bond donors (Lipinski definition) is 1. The fourth-order valence-corrected chi connectivity index (χ4v) is 7.86. The molecule has 0 amide bonds. The van der Waals surface area contributed by atoms with E-state index >= 15 is 0 Å². The summed E-state index contributed by atoms with van der Waals surface area (Å²) in [6, 6.07) is 11.0. The topological polar surface area (TPSA) is 78.8 Å². The second-order valence-electron chi connectivity index (χ2n) is 12.2. The number of carbonyl (C=O) groups excluding carboxylic acids is 1. The number of methoxy groups -OCH3 is 1. The Bertz CT molecular complexity index is 1720. The number of H-pyrrole nitrogens is 1. The van der Waals surface area contributed by atoms with E-state index in [1.54, 1.807) is 18.4 Å². The molecule has 8 nitrogen and oxygen atoms in total. The van der Waals surface area contributed by atoms with Crippen molar-refractivity contribution in [2.24, 2.45) is 0 Å². The number of piperazine rings is 1. The van der Waals surface area contributed by atoms with Crippen molar-refractivity contribution in [2.75, 3.05) is 40.3 Å². The molecule has 224 valence electrons. The van der Waals surface area contributed by atoms with Crippen molar-refractivity contribution in [3.63, 3.8) is 0 Å². The Labute approximate surface area is 256 Å². The Balaban J connectivity index is 1.11. The minimum Gasteiger partial charge on any atom is -0.496 e. The van der Waals surface area contributed by atoms with Crippen LogP contribution in [0.15, 0.2) is 48.1 Å². The molecule has 0 unspecified atom stereocenters. The monoisotopic (exact) mass is 596 g/mol. The highest BCUT2D eigenvalue weighted by molar-refractivity contribution is 7.16. The Morgan fingerprint density at radius 1 is 1.09 bits per heavy atom. The summed E-state index contributed by atoms with van der Waals surface area (Å²) in [5, 5.41) is 3.13. The van der Waals surface area contributed by atoms with Gasteiger partial charge < -0.3 is 14.6 Å². The Hall–Kier alpha value is -3.53. The number of ketones is 1. The maximum atomic E-state index is 12.9. The first-order chi connectivity index (χ1) is 21.0. The highest BCUT2D eigenvalue weighted by Crippen LogP contribution is 2.38. The lowest BCUT2D eigenvalue weighted by atomic mass is 9.84. The maximum Gasteiger partial charge on any atom is 0.179 e. The van der Waals surface area contributed by atoms with E-state index in [1.165, 1.54) is 39.0 Å². The van der Waals surface area contributed by atoms with E-state index in [1.807, 2.05) is 23.7 Å². The molecule has 9 heteroatoms. The fraction of sp³-hybridized carbons (Fsp3) is 0.441. The fourth-order valence-electron chi connectivity index (χ4n) is 7.07. The quantitative estimate of drug-likeness (QED) is 0.211. The zero-order chi connectivity index (χ0) is 29.5. The highest BCUT2D eigenvalue weighted by Gasteiger charge is 2.31. The molecule has 1 saturated heterocycles. The number of fused-ring (bicyclic) bond motifs is 2. The number of aromatic amines is 1. The molecule has 7 rings (SSSR count). The summed E-state index contributed by atoms with van der Waals surface area (Å²) in [4.78, 5) is 32.3. The molecule has 1 aromatic carbocycles. The number of hydrogen-bond acceptors (Lipinski definition) is 7. The van der Waals surface area contributed by atoms with Gasteiger partial charge in [0.15, 0.2) is 5.78 Å². The van der Waals surface area contributed by atoms with E-state index in [0.29, 0.717) is 30.5 Å². The molecule has 1 saturated carbocycles. The zero-order valence-electron chi connectivity index (χ0n) is 25.3. The first kappa shape index (κ1) is 28.3. The number of rotatable bonds is 8. The summed E-state index contributed by atoms with van der Waals surface area (Å²) < 4.78 is 8.12. The van der Waals surface area contributed by atoms with E-state index in [-0.39, 0.29) is 5.78 Å². The Kier molecular flexibility index (Phi) is 7.80. The van der Waals surface area contributed by atoms with Crippen LogP contribution in [0, 0.1) is 6.92 Å². The number of Topliss-reactive ketones (excluding diaryl/α,β-unsaturated/α-hetero) is 1. The number of ether oxygens (including phenoxy) is 1. The molecular formula is C34H40N6O2S. The van der Waals surface area contributed by atoms with Gasteiger partial charge in [0.2, 0.25) is 0 Å². The van der Waals surface area contributed by atoms with Gasteiger partial charge in [-0.05, 0) is 75.2 Å². The molecule has 0 bridgehead atoms. The molecule has 0 radical (unpaired) electrons. The average Bonchev–Trinajstić information content (AvgIpc) is 3.75. The van der Waals surface area contributed by atoms with Gasteiger partial charge in [-0.3, -0.25) is 19.1 Å². The molecule has 5 aromatic rings. The van der Waals surface area contributed by atoms with Gasteiger partial charge in [-0.15, -0.1) is 11.3 Å².